The van der Waals surface area contributed by atoms with Crippen LogP contribution in [0.4, 0.5) is 10.1 Å². The summed E-state index contributed by atoms with van der Waals surface area (Å²) < 4.78 is 14.5. The minimum absolute atomic E-state index is 0.205. The Bertz CT molecular complexity index is 645. The summed E-state index contributed by atoms with van der Waals surface area (Å²) in [6.07, 6.45) is 0. The Morgan fingerprint density at radius 2 is 2.00 bits per heavy atom. The van der Waals surface area contributed by atoms with Crippen molar-refractivity contribution in [1.29, 1.82) is 0 Å². The van der Waals surface area contributed by atoms with Crippen LogP contribution in [0, 0.1) is 16.3 Å². The lowest BCUT2D eigenvalue weighted by Gasteiger charge is -2.09. The van der Waals surface area contributed by atoms with Gasteiger partial charge in [-0.1, -0.05) is 22.0 Å². The van der Waals surface area contributed by atoms with Crippen molar-refractivity contribution in [2.75, 3.05) is 5.32 Å². The fraction of sp³-hybridized carbons (Fsp3) is 0.0714. The van der Waals surface area contributed by atoms with Crippen molar-refractivity contribution in [1.82, 2.24) is 0 Å². The maximum atomic E-state index is 13.0. The van der Waals surface area contributed by atoms with Crippen LogP contribution in [0.2, 0.25) is 0 Å². The van der Waals surface area contributed by atoms with Crippen LogP contribution in [-0.4, -0.2) is 5.91 Å². The Morgan fingerprint density at radius 3 is 2.68 bits per heavy atom. The molecule has 0 aliphatic rings. The van der Waals surface area contributed by atoms with E-state index in [9.17, 15) is 9.18 Å². The molecule has 0 atom stereocenters. The predicted molar refractivity (Wildman–Crippen MR) is 85.9 cm³/mol. The summed E-state index contributed by atoms with van der Waals surface area (Å²) in [5.74, 6) is -0.524. The number of nitrogens with one attached hydrogen (secondary N) is 1. The molecule has 0 unspecified atom stereocenters. The topological polar surface area (TPSA) is 29.1 Å². The number of hydrogen-bond acceptors (Lipinski definition) is 1. The van der Waals surface area contributed by atoms with Gasteiger partial charge in [0.05, 0.1) is 5.69 Å². The number of anilines is 1. The molecule has 0 fully saturated rings. The molecule has 0 spiro atoms. The summed E-state index contributed by atoms with van der Waals surface area (Å²) in [6.45, 7) is 1.87. The van der Waals surface area contributed by atoms with Gasteiger partial charge in [-0.25, -0.2) is 4.39 Å². The molecule has 1 amide bonds. The minimum atomic E-state index is -0.318. The van der Waals surface area contributed by atoms with E-state index in [1.54, 1.807) is 12.1 Å². The normalized spacial score (nSPS) is 10.3. The van der Waals surface area contributed by atoms with E-state index in [2.05, 4.69) is 21.2 Å². The van der Waals surface area contributed by atoms with Crippen molar-refractivity contribution in [3.8, 4) is 0 Å². The average Bonchev–Trinajstić information content (AvgIpc) is 2.35. The van der Waals surface area contributed by atoms with Gasteiger partial charge < -0.3 is 5.32 Å². The van der Waals surface area contributed by atoms with Crippen LogP contribution in [0.3, 0.4) is 0 Å². The highest BCUT2D eigenvalue weighted by atomic mass is 127. The second kappa shape index (κ2) is 6.00. The summed E-state index contributed by atoms with van der Waals surface area (Å²) in [4.78, 5) is 12.2. The lowest BCUT2D eigenvalue weighted by molar-refractivity contribution is 0.102. The number of carbonyl (C=O) groups excluding carboxylic acids is 1. The van der Waals surface area contributed by atoms with Crippen molar-refractivity contribution in [3.63, 3.8) is 0 Å². The van der Waals surface area contributed by atoms with E-state index >= 15 is 0 Å². The van der Waals surface area contributed by atoms with Gasteiger partial charge in [-0.05, 0) is 65.4 Å². The molecule has 0 saturated heterocycles. The van der Waals surface area contributed by atoms with Gasteiger partial charge in [0.1, 0.15) is 5.82 Å². The molecular weight excluding hydrogens is 424 g/mol. The molecule has 2 aromatic carbocycles. The molecule has 5 heteroatoms. The average molecular weight is 434 g/mol. The zero-order valence-corrected chi connectivity index (χ0v) is 13.7. The Morgan fingerprint density at radius 1 is 1.26 bits per heavy atom. The molecule has 2 aromatic rings. The molecule has 0 aliphatic carbocycles. The SMILES string of the molecule is Cc1ccc(Br)cc1C(=O)Nc1ccc(F)cc1I. The summed E-state index contributed by atoms with van der Waals surface area (Å²) in [5.41, 5.74) is 2.08. The van der Waals surface area contributed by atoms with Gasteiger partial charge in [-0.15, -0.1) is 0 Å². The zero-order chi connectivity index (χ0) is 14.0. The fourth-order valence-corrected chi connectivity index (χ4v) is 2.59. The quantitative estimate of drug-likeness (QED) is 0.680. The van der Waals surface area contributed by atoms with Crippen LogP contribution in [-0.2, 0) is 0 Å². The molecule has 0 radical (unpaired) electrons. The third-order valence-corrected chi connectivity index (χ3v) is 4.01. The number of hydrogen-bond donors (Lipinski definition) is 1. The van der Waals surface area contributed by atoms with Gasteiger partial charge in [0.25, 0.3) is 5.91 Å². The van der Waals surface area contributed by atoms with Crippen molar-refractivity contribution in [3.05, 3.63) is 61.4 Å². The van der Waals surface area contributed by atoms with Crippen molar-refractivity contribution in [2.45, 2.75) is 6.92 Å². The maximum absolute atomic E-state index is 13.0. The Balaban J connectivity index is 2.28. The number of carbonyl (C=O) groups is 1. The highest BCUT2D eigenvalue weighted by Crippen LogP contribution is 2.21. The molecule has 0 heterocycles. The maximum Gasteiger partial charge on any atom is 0.255 e. The molecule has 98 valence electrons. The van der Waals surface area contributed by atoms with E-state index in [0.29, 0.717) is 14.8 Å². The molecule has 0 aliphatic heterocycles. The first kappa shape index (κ1) is 14.5. The molecule has 19 heavy (non-hydrogen) atoms. The van der Waals surface area contributed by atoms with Gasteiger partial charge in [0.2, 0.25) is 0 Å². The molecule has 0 aromatic heterocycles. The van der Waals surface area contributed by atoms with E-state index < -0.39 is 0 Å². The highest BCUT2D eigenvalue weighted by Gasteiger charge is 2.11. The summed E-state index contributed by atoms with van der Waals surface area (Å²) in [7, 11) is 0. The second-order valence-electron chi connectivity index (χ2n) is 4.04. The smallest absolute Gasteiger partial charge is 0.255 e. The van der Waals surface area contributed by atoms with Crippen LogP contribution in [0.5, 0.6) is 0 Å². The Labute approximate surface area is 132 Å². The van der Waals surface area contributed by atoms with E-state index in [1.165, 1.54) is 12.1 Å². The Kier molecular flexibility index (Phi) is 4.57. The largest absolute Gasteiger partial charge is 0.321 e. The zero-order valence-electron chi connectivity index (χ0n) is 10.0. The molecule has 1 N–H and O–H groups in total. The van der Waals surface area contributed by atoms with E-state index in [-0.39, 0.29) is 11.7 Å². The van der Waals surface area contributed by atoms with Crippen LogP contribution < -0.4 is 5.32 Å². The fourth-order valence-electron chi connectivity index (χ4n) is 1.62. The molecule has 0 saturated carbocycles. The van der Waals surface area contributed by atoms with Crippen LogP contribution in [0.25, 0.3) is 0 Å². The van der Waals surface area contributed by atoms with Crippen molar-refractivity contribution in [2.24, 2.45) is 0 Å². The predicted octanol–water partition coefficient (Wildman–Crippen LogP) is 4.75. The van der Waals surface area contributed by atoms with Gasteiger partial charge in [0.15, 0.2) is 0 Å². The third-order valence-electron chi connectivity index (χ3n) is 2.62. The van der Waals surface area contributed by atoms with E-state index in [0.717, 1.165) is 10.0 Å². The first-order valence-electron chi connectivity index (χ1n) is 5.50. The highest BCUT2D eigenvalue weighted by molar-refractivity contribution is 14.1. The lowest BCUT2D eigenvalue weighted by Crippen LogP contribution is -2.14. The number of benzene rings is 2. The van der Waals surface area contributed by atoms with Crippen LogP contribution in [0.1, 0.15) is 15.9 Å². The molecule has 2 nitrogen and oxygen atoms in total. The van der Waals surface area contributed by atoms with E-state index in [1.807, 2.05) is 41.6 Å². The first-order chi connectivity index (χ1) is 8.97. The summed E-state index contributed by atoms with van der Waals surface area (Å²) >= 11 is 5.33. The van der Waals surface area contributed by atoms with Crippen LogP contribution in [0.15, 0.2) is 40.9 Å². The monoisotopic (exact) mass is 433 g/mol. The summed E-state index contributed by atoms with van der Waals surface area (Å²) in [6, 6.07) is 9.78. The number of aryl methyl sites for hydroxylation is 1. The standard InChI is InChI=1S/C14H10BrFINO/c1-8-2-3-9(15)6-11(8)14(19)18-13-5-4-10(16)7-12(13)17/h2-7H,1H3,(H,18,19). The lowest BCUT2D eigenvalue weighted by atomic mass is 10.1. The van der Waals surface area contributed by atoms with Gasteiger partial charge in [-0.2, -0.15) is 0 Å². The number of rotatable bonds is 2. The second-order valence-corrected chi connectivity index (χ2v) is 6.12. The Hall–Kier alpha value is -0.950. The summed E-state index contributed by atoms with van der Waals surface area (Å²) in [5, 5.41) is 2.79. The first-order valence-corrected chi connectivity index (χ1v) is 7.37. The van der Waals surface area contributed by atoms with E-state index in [4.69, 9.17) is 0 Å². The third kappa shape index (κ3) is 3.54. The minimum Gasteiger partial charge on any atom is -0.321 e. The van der Waals surface area contributed by atoms with Crippen molar-refractivity contribution < 1.29 is 9.18 Å². The number of amides is 1. The molecular formula is C14H10BrFINO. The van der Waals surface area contributed by atoms with Gasteiger partial charge in [0, 0.05) is 13.6 Å². The molecule has 2 rings (SSSR count). The van der Waals surface area contributed by atoms with Gasteiger partial charge in [-0.3, -0.25) is 4.79 Å². The van der Waals surface area contributed by atoms with Crippen molar-refractivity contribution >= 4 is 50.1 Å². The number of halogens is 3. The molecule has 0 bridgehead atoms. The van der Waals surface area contributed by atoms with Gasteiger partial charge >= 0.3 is 0 Å². The van der Waals surface area contributed by atoms with Crippen LogP contribution >= 0.6 is 38.5 Å².